The smallest absolute Gasteiger partial charge is 0.426 e. The summed E-state index contributed by atoms with van der Waals surface area (Å²) in [5, 5.41) is 12.4. The standard InChI is InChI=1S/C16H20F6INO3/c17-15(18,19)14(26,16(20,21)22)4-9-2-8-1-7(9)3-10(8)6-27-13(25)12(23)11-5-24-11/h7-12,24,26H,1-6H2/t7?,8?,9?,10?,11?,12-/m1/s1. The molecule has 6 atom stereocenters. The first kappa shape index (κ1) is 21.4. The largest absolute Gasteiger partial charge is 0.465 e. The van der Waals surface area contributed by atoms with Crippen molar-refractivity contribution in [1.82, 2.24) is 5.32 Å². The highest BCUT2D eigenvalue weighted by atomic mass is 127. The Hall–Kier alpha value is -0.300. The van der Waals surface area contributed by atoms with Crippen LogP contribution in [0.1, 0.15) is 25.7 Å². The molecule has 2 bridgehead atoms. The molecule has 2 N–H and O–H groups in total. The molecule has 0 aromatic heterocycles. The minimum absolute atomic E-state index is 0.0455. The maximum absolute atomic E-state index is 12.9. The van der Waals surface area contributed by atoms with Crippen molar-refractivity contribution in [3.8, 4) is 0 Å². The van der Waals surface area contributed by atoms with Gasteiger partial charge in [0.2, 0.25) is 0 Å². The number of hydrogen-bond donors (Lipinski definition) is 2. The molecule has 1 aliphatic heterocycles. The molecule has 156 valence electrons. The number of aliphatic hydroxyl groups is 1. The lowest BCUT2D eigenvalue weighted by atomic mass is 9.76. The van der Waals surface area contributed by atoms with E-state index in [1.165, 1.54) is 0 Å². The van der Waals surface area contributed by atoms with E-state index in [2.05, 4.69) is 5.32 Å². The van der Waals surface area contributed by atoms with Gasteiger partial charge >= 0.3 is 18.3 Å². The highest BCUT2D eigenvalue weighted by Crippen LogP contribution is 2.57. The Morgan fingerprint density at radius 2 is 1.59 bits per heavy atom. The number of halogens is 7. The van der Waals surface area contributed by atoms with Crippen LogP contribution >= 0.6 is 22.6 Å². The summed E-state index contributed by atoms with van der Waals surface area (Å²) in [6, 6.07) is 0.102. The third-order valence-corrected chi connectivity index (χ3v) is 7.48. The van der Waals surface area contributed by atoms with E-state index >= 15 is 0 Å². The van der Waals surface area contributed by atoms with Crippen molar-refractivity contribution < 1.29 is 41.0 Å². The average molecular weight is 515 g/mol. The maximum Gasteiger partial charge on any atom is 0.426 e. The van der Waals surface area contributed by atoms with Gasteiger partial charge in [0.25, 0.3) is 5.60 Å². The summed E-state index contributed by atoms with van der Waals surface area (Å²) in [7, 11) is 0. The zero-order valence-electron chi connectivity index (χ0n) is 14.1. The Bertz CT molecular complexity index is 565. The number of esters is 1. The second-order valence-corrected chi connectivity index (χ2v) is 9.20. The molecule has 0 aromatic rings. The molecule has 3 aliphatic rings. The number of nitrogens with one attached hydrogen (secondary N) is 1. The number of ether oxygens (including phenoxy) is 1. The van der Waals surface area contributed by atoms with Crippen LogP contribution in [-0.4, -0.2) is 52.1 Å². The molecule has 0 spiro atoms. The summed E-state index contributed by atoms with van der Waals surface area (Å²) < 4.78 is 82.4. The minimum Gasteiger partial charge on any atom is -0.465 e. The van der Waals surface area contributed by atoms with Gasteiger partial charge in [-0.15, -0.1) is 0 Å². The molecule has 3 fully saturated rings. The normalized spacial score (nSPS) is 34.6. The van der Waals surface area contributed by atoms with Gasteiger partial charge in [-0.1, -0.05) is 22.6 Å². The van der Waals surface area contributed by atoms with E-state index in [-0.39, 0.29) is 46.7 Å². The van der Waals surface area contributed by atoms with Crippen LogP contribution in [0.3, 0.4) is 0 Å². The van der Waals surface area contributed by atoms with Crippen LogP contribution in [-0.2, 0) is 9.53 Å². The van der Waals surface area contributed by atoms with Gasteiger partial charge in [0, 0.05) is 12.6 Å². The number of carbonyl (C=O) groups excluding carboxylic acids is 1. The number of fused-ring (bicyclic) bond motifs is 2. The molecule has 0 amide bonds. The number of carbonyl (C=O) groups is 1. The van der Waals surface area contributed by atoms with E-state index in [1.54, 1.807) is 0 Å². The Labute approximate surface area is 165 Å². The summed E-state index contributed by atoms with van der Waals surface area (Å²) in [5.74, 6) is -1.65. The van der Waals surface area contributed by atoms with Crippen molar-refractivity contribution in [1.29, 1.82) is 0 Å². The predicted octanol–water partition coefficient (Wildman–Crippen LogP) is 3.21. The van der Waals surface area contributed by atoms with Gasteiger partial charge in [0.1, 0.15) is 3.92 Å². The molecule has 2 aliphatic carbocycles. The lowest BCUT2D eigenvalue weighted by Gasteiger charge is -2.37. The first-order valence-corrected chi connectivity index (χ1v) is 9.98. The van der Waals surface area contributed by atoms with E-state index in [9.17, 15) is 36.2 Å². The molecular weight excluding hydrogens is 495 g/mol. The van der Waals surface area contributed by atoms with Crippen molar-refractivity contribution >= 4 is 28.6 Å². The molecule has 5 unspecified atom stereocenters. The van der Waals surface area contributed by atoms with Gasteiger partial charge in [0.15, 0.2) is 0 Å². The molecule has 1 saturated heterocycles. The molecule has 4 nitrogen and oxygen atoms in total. The third kappa shape index (κ3) is 4.19. The molecule has 1 heterocycles. The van der Waals surface area contributed by atoms with Gasteiger partial charge in [-0.05, 0) is 49.4 Å². The van der Waals surface area contributed by atoms with E-state index in [0.717, 1.165) is 6.54 Å². The summed E-state index contributed by atoms with van der Waals surface area (Å²) in [5.41, 5.74) is -4.68. The van der Waals surface area contributed by atoms with E-state index in [0.29, 0.717) is 12.8 Å². The lowest BCUT2D eigenvalue weighted by molar-refractivity contribution is -0.373. The van der Waals surface area contributed by atoms with Crippen molar-refractivity contribution in [2.24, 2.45) is 23.7 Å². The van der Waals surface area contributed by atoms with Crippen LogP contribution in [0.15, 0.2) is 0 Å². The number of hydrogen-bond acceptors (Lipinski definition) is 4. The zero-order valence-corrected chi connectivity index (χ0v) is 16.3. The fourth-order valence-corrected chi connectivity index (χ4v) is 5.14. The minimum atomic E-state index is -5.77. The Kier molecular flexibility index (Phi) is 5.70. The fraction of sp³-hybridized carbons (Fsp3) is 0.938. The van der Waals surface area contributed by atoms with Gasteiger partial charge in [0.05, 0.1) is 6.61 Å². The molecule has 11 heteroatoms. The molecule has 0 aromatic carbocycles. The van der Waals surface area contributed by atoms with E-state index in [1.807, 2.05) is 22.6 Å². The molecular formula is C16H20F6INO3. The van der Waals surface area contributed by atoms with Gasteiger partial charge in [-0.25, -0.2) is 0 Å². The molecule has 0 radical (unpaired) electrons. The highest BCUT2D eigenvalue weighted by molar-refractivity contribution is 14.1. The summed E-state index contributed by atoms with van der Waals surface area (Å²) in [4.78, 5) is 11.9. The van der Waals surface area contributed by atoms with Crippen LogP contribution in [0.4, 0.5) is 26.3 Å². The average Bonchev–Trinajstić information content (AvgIpc) is 3.22. The predicted molar refractivity (Wildman–Crippen MR) is 90.0 cm³/mol. The lowest BCUT2D eigenvalue weighted by Crippen LogP contribution is -2.58. The van der Waals surface area contributed by atoms with Gasteiger partial charge in [-0.2, -0.15) is 26.3 Å². The van der Waals surface area contributed by atoms with Crippen LogP contribution in [0.5, 0.6) is 0 Å². The fourth-order valence-electron chi connectivity index (χ4n) is 4.45. The van der Waals surface area contributed by atoms with Crippen LogP contribution in [0, 0.1) is 23.7 Å². The van der Waals surface area contributed by atoms with Crippen molar-refractivity contribution in [3.05, 3.63) is 0 Å². The monoisotopic (exact) mass is 515 g/mol. The summed E-state index contributed by atoms with van der Waals surface area (Å²) >= 11 is 1.98. The van der Waals surface area contributed by atoms with Crippen molar-refractivity contribution in [3.63, 3.8) is 0 Å². The second-order valence-electron chi connectivity index (χ2n) is 7.85. The van der Waals surface area contributed by atoms with Gasteiger partial charge < -0.3 is 15.2 Å². The maximum atomic E-state index is 12.9. The van der Waals surface area contributed by atoms with Crippen molar-refractivity contribution in [2.75, 3.05) is 13.2 Å². The SMILES string of the molecule is O=C(OCC1CC2CC1CC2CC(O)(C(F)(F)F)C(F)(F)F)[C@H](I)C1CN1. The molecule has 3 rings (SSSR count). The summed E-state index contributed by atoms with van der Waals surface area (Å²) in [6.07, 6.45) is -11.8. The summed E-state index contributed by atoms with van der Waals surface area (Å²) in [6.45, 7) is 0.890. The van der Waals surface area contributed by atoms with Crippen LogP contribution in [0.25, 0.3) is 0 Å². The molecule has 27 heavy (non-hydrogen) atoms. The number of alkyl halides is 7. The Morgan fingerprint density at radius 1 is 1.07 bits per heavy atom. The quantitative estimate of drug-likeness (QED) is 0.188. The first-order chi connectivity index (χ1) is 12.3. The topological polar surface area (TPSA) is 68.5 Å². The second kappa shape index (κ2) is 7.19. The van der Waals surface area contributed by atoms with Crippen LogP contribution in [0.2, 0.25) is 0 Å². The Morgan fingerprint density at radius 3 is 2.04 bits per heavy atom. The highest BCUT2D eigenvalue weighted by Gasteiger charge is 2.71. The van der Waals surface area contributed by atoms with Crippen molar-refractivity contribution in [2.45, 2.75) is 53.6 Å². The number of rotatable bonds is 6. The van der Waals surface area contributed by atoms with Crippen LogP contribution < -0.4 is 5.32 Å². The van der Waals surface area contributed by atoms with E-state index < -0.39 is 30.3 Å². The Balaban J connectivity index is 1.54. The van der Waals surface area contributed by atoms with Gasteiger partial charge in [-0.3, -0.25) is 4.79 Å². The zero-order chi connectivity index (χ0) is 20.2. The molecule has 2 saturated carbocycles. The van der Waals surface area contributed by atoms with E-state index in [4.69, 9.17) is 4.74 Å². The third-order valence-electron chi connectivity index (χ3n) is 6.10. The first-order valence-electron chi connectivity index (χ1n) is 8.73.